The molecule has 0 aromatic heterocycles. The van der Waals surface area contributed by atoms with Gasteiger partial charge in [-0.25, -0.2) is 4.79 Å². The van der Waals surface area contributed by atoms with Crippen molar-refractivity contribution in [3.05, 3.63) is 17.7 Å². The standard InChI is InChI=1S/C14H16O9/c15-8-1-5(2-9(16)12(8)19)13(20)22-3-6-10(17)11(18)7-4-23-14(6,7)21/h1-2,6-7,10-11,15-19,21H,3-4H2. The highest BCUT2D eigenvalue weighted by Crippen LogP contribution is 2.49. The molecule has 0 amide bonds. The van der Waals surface area contributed by atoms with Crippen LogP contribution >= 0.6 is 0 Å². The lowest BCUT2D eigenvalue weighted by molar-refractivity contribution is -0.342. The van der Waals surface area contributed by atoms with Crippen LogP contribution < -0.4 is 0 Å². The second kappa shape index (κ2) is 5.24. The minimum Gasteiger partial charge on any atom is -0.504 e. The summed E-state index contributed by atoms with van der Waals surface area (Å²) in [5.41, 5.74) is -0.232. The molecule has 5 atom stereocenters. The van der Waals surface area contributed by atoms with E-state index in [-0.39, 0.29) is 12.2 Å². The lowest BCUT2D eigenvalue weighted by atomic mass is 9.91. The number of rotatable bonds is 3. The first-order valence-electron chi connectivity index (χ1n) is 6.90. The van der Waals surface area contributed by atoms with Crippen LogP contribution in [0.15, 0.2) is 12.1 Å². The van der Waals surface area contributed by atoms with Crippen molar-refractivity contribution < 1.29 is 44.9 Å². The van der Waals surface area contributed by atoms with E-state index in [0.717, 1.165) is 12.1 Å². The second-order valence-corrected chi connectivity index (χ2v) is 5.72. The molecule has 9 nitrogen and oxygen atoms in total. The number of carbonyl (C=O) groups is 1. The van der Waals surface area contributed by atoms with Gasteiger partial charge in [0, 0.05) is 0 Å². The fraction of sp³-hybridized carbons (Fsp3) is 0.500. The summed E-state index contributed by atoms with van der Waals surface area (Å²) in [4.78, 5) is 11.9. The number of esters is 1. The Labute approximate surface area is 129 Å². The number of phenols is 3. The minimum atomic E-state index is -1.75. The molecule has 9 heteroatoms. The molecule has 0 radical (unpaired) electrons. The van der Waals surface area contributed by atoms with Gasteiger partial charge in [-0.15, -0.1) is 0 Å². The Kier molecular flexibility index (Phi) is 3.60. The highest BCUT2D eigenvalue weighted by Gasteiger charge is 2.66. The van der Waals surface area contributed by atoms with Crippen LogP contribution in [0, 0.1) is 11.8 Å². The van der Waals surface area contributed by atoms with Gasteiger partial charge in [0.15, 0.2) is 23.0 Å². The molecule has 3 rings (SSSR count). The van der Waals surface area contributed by atoms with E-state index in [2.05, 4.69) is 0 Å². The van der Waals surface area contributed by atoms with Gasteiger partial charge in [0.1, 0.15) is 6.61 Å². The summed E-state index contributed by atoms with van der Waals surface area (Å²) < 4.78 is 9.96. The van der Waals surface area contributed by atoms with Gasteiger partial charge in [0.05, 0.1) is 36.2 Å². The third-order valence-corrected chi connectivity index (χ3v) is 4.43. The van der Waals surface area contributed by atoms with Gasteiger partial charge in [-0.1, -0.05) is 0 Å². The summed E-state index contributed by atoms with van der Waals surface area (Å²) >= 11 is 0. The predicted molar refractivity (Wildman–Crippen MR) is 71.6 cm³/mol. The molecule has 1 aromatic rings. The largest absolute Gasteiger partial charge is 0.504 e. The van der Waals surface area contributed by atoms with E-state index in [4.69, 9.17) is 9.47 Å². The number of ether oxygens (including phenoxy) is 2. The quantitative estimate of drug-likeness (QED) is 0.291. The van der Waals surface area contributed by atoms with E-state index in [1.165, 1.54) is 0 Å². The van der Waals surface area contributed by atoms with Crippen LogP contribution in [0.3, 0.4) is 0 Å². The fourth-order valence-corrected chi connectivity index (χ4v) is 2.99. The Morgan fingerprint density at radius 1 is 1.22 bits per heavy atom. The molecule has 0 bridgehead atoms. The highest BCUT2D eigenvalue weighted by molar-refractivity contribution is 5.91. The van der Waals surface area contributed by atoms with Gasteiger partial charge in [-0.05, 0) is 12.1 Å². The fourth-order valence-electron chi connectivity index (χ4n) is 2.99. The van der Waals surface area contributed by atoms with E-state index in [1.807, 2.05) is 0 Å². The average Bonchev–Trinajstić information content (AvgIpc) is 2.61. The van der Waals surface area contributed by atoms with Crippen molar-refractivity contribution >= 4 is 5.97 Å². The van der Waals surface area contributed by atoms with Crippen molar-refractivity contribution in [2.24, 2.45) is 11.8 Å². The Balaban J connectivity index is 1.70. The van der Waals surface area contributed by atoms with Crippen LogP contribution in [0.4, 0.5) is 0 Å². The number of aliphatic hydroxyl groups excluding tert-OH is 2. The molecule has 5 unspecified atom stereocenters. The normalized spacial score (nSPS) is 35.4. The van der Waals surface area contributed by atoms with Gasteiger partial charge in [0.25, 0.3) is 0 Å². The Morgan fingerprint density at radius 2 is 1.83 bits per heavy atom. The van der Waals surface area contributed by atoms with Crippen LogP contribution in [0.25, 0.3) is 0 Å². The van der Waals surface area contributed by atoms with E-state index < -0.39 is 59.7 Å². The van der Waals surface area contributed by atoms with E-state index in [1.54, 1.807) is 0 Å². The molecule has 1 saturated carbocycles. The molecular weight excluding hydrogens is 312 g/mol. The Hall–Kier alpha value is -2.07. The maximum absolute atomic E-state index is 11.9. The summed E-state index contributed by atoms with van der Waals surface area (Å²) in [6, 6.07) is 1.79. The molecule has 1 aliphatic carbocycles. The van der Waals surface area contributed by atoms with E-state index >= 15 is 0 Å². The first-order chi connectivity index (χ1) is 10.8. The molecule has 2 fully saturated rings. The molecule has 6 N–H and O–H groups in total. The number of aromatic hydroxyl groups is 3. The molecule has 1 aliphatic heterocycles. The SMILES string of the molecule is O=C(OCC1C(O)C(O)C2COC12O)c1cc(O)c(O)c(O)c1. The van der Waals surface area contributed by atoms with Crippen LogP contribution in [0.1, 0.15) is 10.4 Å². The first kappa shape index (κ1) is 15.8. The number of aliphatic hydroxyl groups is 3. The number of hydrogen-bond donors (Lipinski definition) is 6. The van der Waals surface area contributed by atoms with Gasteiger partial charge >= 0.3 is 5.97 Å². The lowest BCUT2D eigenvalue weighted by Crippen LogP contribution is -2.57. The zero-order valence-electron chi connectivity index (χ0n) is 11.8. The van der Waals surface area contributed by atoms with Gasteiger partial charge in [-0.2, -0.15) is 0 Å². The summed E-state index contributed by atoms with van der Waals surface area (Å²) in [7, 11) is 0. The topological polar surface area (TPSA) is 157 Å². The third-order valence-electron chi connectivity index (χ3n) is 4.43. The van der Waals surface area contributed by atoms with Gasteiger partial charge in [-0.3, -0.25) is 0 Å². The highest BCUT2D eigenvalue weighted by atomic mass is 16.7. The van der Waals surface area contributed by atoms with E-state index in [9.17, 15) is 35.4 Å². The molecule has 0 spiro atoms. The predicted octanol–water partition coefficient (Wildman–Crippen LogP) is -1.35. The van der Waals surface area contributed by atoms with Gasteiger partial charge < -0.3 is 40.1 Å². The number of fused-ring (bicyclic) bond motifs is 1. The Bertz CT molecular complexity index is 622. The number of carbonyl (C=O) groups excluding carboxylic acids is 1. The van der Waals surface area contributed by atoms with Crippen molar-refractivity contribution in [3.8, 4) is 17.2 Å². The number of hydrogen-bond acceptors (Lipinski definition) is 9. The van der Waals surface area contributed by atoms with Crippen molar-refractivity contribution in [2.75, 3.05) is 13.2 Å². The summed E-state index contributed by atoms with van der Waals surface area (Å²) in [6.07, 6.45) is -2.50. The van der Waals surface area contributed by atoms with E-state index in [0.29, 0.717) is 0 Å². The molecule has 1 heterocycles. The molecule has 1 aromatic carbocycles. The van der Waals surface area contributed by atoms with Crippen molar-refractivity contribution in [1.29, 1.82) is 0 Å². The number of phenolic OH excluding ortho intramolecular Hbond substituents is 3. The lowest BCUT2D eigenvalue weighted by Gasteiger charge is -2.43. The third kappa shape index (κ3) is 2.29. The van der Waals surface area contributed by atoms with Crippen molar-refractivity contribution in [2.45, 2.75) is 18.0 Å². The van der Waals surface area contributed by atoms with Crippen molar-refractivity contribution in [3.63, 3.8) is 0 Å². The monoisotopic (exact) mass is 328 g/mol. The zero-order valence-corrected chi connectivity index (χ0v) is 11.8. The number of benzene rings is 1. The molecule has 126 valence electrons. The second-order valence-electron chi connectivity index (χ2n) is 5.72. The van der Waals surface area contributed by atoms with Crippen LogP contribution in [-0.4, -0.2) is 67.8 Å². The maximum atomic E-state index is 11.9. The van der Waals surface area contributed by atoms with Crippen LogP contribution in [-0.2, 0) is 9.47 Å². The zero-order chi connectivity index (χ0) is 16.9. The van der Waals surface area contributed by atoms with Crippen molar-refractivity contribution in [1.82, 2.24) is 0 Å². The average molecular weight is 328 g/mol. The smallest absolute Gasteiger partial charge is 0.338 e. The molecule has 1 saturated heterocycles. The maximum Gasteiger partial charge on any atom is 0.338 e. The summed E-state index contributed by atoms with van der Waals surface area (Å²) in [5, 5.41) is 57.9. The van der Waals surface area contributed by atoms with Crippen LogP contribution in [0.2, 0.25) is 0 Å². The molecular formula is C14H16O9. The van der Waals surface area contributed by atoms with Crippen LogP contribution in [0.5, 0.6) is 17.2 Å². The molecule has 2 aliphatic rings. The van der Waals surface area contributed by atoms with Gasteiger partial charge in [0.2, 0.25) is 0 Å². The summed E-state index contributed by atoms with van der Waals surface area (Å²) in [5.74, 6) is -6.55. The first-order valence-corrected chi connectivity index (χ1v) is 6.90. The Morgan fingerprint density at radius 3 is 2.30 bits per heavy atom. The molecule has 23 heavy (non-hydrogen) atoms. The summed E-state index contributed by atoms with van der Waals surface area (Å²) in [6.45, 7) is -0.342. The minimum absolute atomic E-state index is 0.0961.